The van der Waals surface area contributed by atoms with Crippen molar-refractivity contribution < 1.29 is 18.3 Å². The molecule has 1 aliphatic heterocycles. The van der Waals surface area contributed by atoms with Crippen LogP contribution in [0.2, 0.25) is 0 Å². The molecule has 1 unspecified atom stereocenters. The maximum atomic E-state index is 12.3. The fraction of sp³-hybridized carbons (Fsp3) is 0.400. The highest BCUT2D eigenvalue weighted by molar-refractivity contribution is 7.55. The molecule has 82 valence electrons. The average molecular weight is 228 g/mol. The van der Waals surface area contributed by atoms with Crippen molar-refractivity contribution in [1.82, 2.24) is 0 Å². The van der Waals surface area contributed by atoms with E-state index in [9.17, 15) is 4.57 Å². The molecule has 0 spiro atoms. The molecule has 4 nitrogen and oxygen atoms in total. The summed E-state index contributed by atoms with van der Waals surface area (Å²) in [6.07, 6.45) is 0. The van der Waals surface area contributed by atoms with Crippen LogP contribution in [0.1, 0.15) is 5.56 Å². The number of rotatable bonds is 4. The van der Waals surface area contributed by atoms with Crippen molar-refractivity contribution in [3.8, 4) is 0 Å². The minimum absolute atomic E-state index is 0.371. The first-order valence-corrected chi connectivity index (χ1v) is 6.14. The van der Waals surface area contributed by atoms with Crippen molar-refractivity contribution in [2.75, 3.05) is 20.8 Å². The Morgan fingerprint density at radius 3 is 2.20 bits per heavy atom. The lowest BCUT2D eigenvalue weighted by molar-refractivity contribution is 0.230. The molecular weight excluding hydrogens is 215 g/mol. The molecule has 0 bridgehead atoms. The summed E-state index contributed by atoms with van der Waals surface area (Å²) in [5.41, 5.74) is 0.831. The summed E-state index contributed by atoms with van der Waals surface area (Å²) in [7, 11) is -0.474. The topological polar surface area (TPSA) is 48.1 Å². The van der Waals surface area contributed by atoms with E-state index < -0.39 is 12.9 Å². The summed E-state index contributed by atoms with van der Waals surface area (Å²) in [4.78, 5) is 0. The number of benzene rings is 1. The van der Waals surface area contributed by atoms with E-state index >= 15 is 0 Å². The SMILES string of the molecule is COP(=O)(OC)C1(c2ccccc2)CO1. The normalized spacial score (nSPS) is 25.2. The Balaban J connectivity index is 2.40. The van der Waals surface area contributed by atoms with Crippen molar-refractivity contribution in [3.63, 3.8) is 0 Å². The van der Waals surface area contributed by atoms with E-state index in [4.69, 9.17) is 13.8 Å². The summed E-state index contributed by atoms with van der Waals surface area (Å²) >= 11 is 0. The molecule has 1 aliphatic rings. The predicted molar refractivity (Wildman–Crippen MR) is 55.7 cm³/mol. The predicted octanol–water partition coefficient (Wildman–Crippen LogP) is 2.36. The summed E-state index contributed by atoms with van der Waals surface area (Å²) in [5, 5.41) is -0.891. The van der Waals surface area contributed by atoms with Crippen molar-refractivity contribution in [2.45, 2.75) is 5.34 Å². The standard InChI is InChI=1S/C10H13O4P/c1-12-15(11,13-2)10(8-14-10)9-6-4-3-5-7-9/h3-7H,8H2,1-2H3. The van der Waals surface area contributed by atoms with Gasteiger partial charge in [0.2, 0.25) is 5.34 Å². The molecule has 2 rings (SSSR count). The molecular formula is C10H13O4P. The van der Waals surface area contributed by atoms with Crippen LogP contribution < -0.4 is 0 Å². The fourth-order valence-electron chi connectivity index (χ4n) is 1.62. The van der Waals surface area contributed by atoms with Crippen LogP contribution in [0.5, 0.6) is 0 Å². The number of hydrogen-bond donors (Lipinski definition) is 0. The van der Waals surface area contributed by atoms with Gasteiger partial charge in [-0.1, -0.05) is 30.3 Å². The van der Waals surface area contributed by atoms with Crippen LogP contribution in [0.25, 0.3) is 0 Å². The molecule has 0 amide bonds. The van der Waals surface area contributed by atoms with Gasteiger partial charge in [-0.15, -0.1) is 0 Å². The molecule has 0 aliphatic carbocycles. The average Bonchev–Trinajstić information content (AvgIpc) is 3.11. The third-order valence-electron chi connectivity index (χ3n) is 2.57. The zero-order chi connectivity index (χ0) is 10.9. The second-order valence-corrected chi connectivity index (χ2v) is 5.75. The van der Waals surface area contributed by atoms with E-state index in [1.54, 1.807) is 0 Å². The van der Waals surface area contributed by atoms with Gasteiger partial charge < -0.3 is 13.8 Å². The van der Waals surface area contributed by atoms with Gasteiger partial charge in [0.15, 0.2) is 0 Å². The molecule has 15 heavy (non-hydrogen) atoms. The van der Waals surface area contributed by atoms with Gasteiger partial charge in [0.25, 0.3) is 0 Å². The molecule has 1 saturated heterocycles. The molecule has 1 fully saturated rings. The summed E-state index contributed by atoms with van der Waals surface area (Å²) < 4.78 is 27.5. The molecule has 1 aromatic rings. The maximum Gasteiger partial charge on any atom is 0.368 e. The van der Waals surface area contributed by atoms with Crippen LogP contribution in [-0.2, 0) is 23.7 Å². The van der Waals surface area contributed by atoms with Crippen LogP contribution in [0.3, 0.4) is 0 Å². The zero-order valence-electron chi connectivity index (χ0n) is 8.67. The van der Waals surface area contributed by atoms with Crippen LogP contribution in [0.15, 0.2) is 30.3 Å². The highest BCUT2D eigenvalue weighted by Gasteiger charge is 2.63. The molecule has 5 heteroatoms. The minimum atomic E-state index is -3.22. The molecule has 0 N–H and O–H groups in total. The van der Waals surface area contributed by atoms with Gasteiger partial charge in [0.05, 0.1) is 6.61 Å². The van der Waals surface area contributed by atoms with Crippen molar-refractivity contribution in [3.05, 3.63) is 35.9 Å². The highest BCUT2D eigenvalue weighted by Crippen LogP contribution is 2.71. The van der Waals surface area contributed by atoms with E-state index in [0.29, 0.717) is 6.61 Å². The minimum Gasteiger partial charge on any atom is -0.352 e. The zero-order valence-corrected chi connectivity index (χ0v) is 9.57. The van der Waals surface area contributed by atoms with Gasteiger partial charge in [-0.05, 0) is 5.56 Å². The molecule has 1 atom stereocenters. The lowest BCUT2D eigenvalue weighted by Crippen LogP contribution is -2.12. The van der Waals surface area contributed by atoms with E-state index in [0.717, 1.165) is 5.56 Å². The van der Waals surface area contributed by atoms with Crippen LogP contribution in [0, 0.1) is 0 Å². The lowest BCUT2D eigenvalue weighted by Gasteiger charge is -2.20. The Kier molecular flexibility index (Phi) is 2.69. The molecule has 0 radical (unpaired) electrons. The molecule has 1 aromatic carbocycles. The van der Waals surface area contributed by atoms with Gasteiger partial charge >= 0.3 is 7.60 Å². The summed E-state index contributed by atoms with van der Waals surface area (Å²) in [6, 6.07) is 9.35. The second kappa shape index (κ2) is 3.72. The molecule has 0 aromatic heterocycles. The Bertz CT molecular complexity index is 378. The molecule has 1 heterocycles. The third-order valence-corrected chi connectivity index (χ3v) is 4.93. The first kappa shape index (κ1) is 10.8. The number of epoxide rings is 1. The lowest BCUT2D eigenvalue weighted by atomic mass is 10.2. The van der Waals surface area contributed by atoms with E-state index in [1.807, 2.05) is 30.3 Å². The van der Waals surface area contributed by atoms with Crippen molar-refractivity contribution in [2.24, 2.45) is 0 Å². The third kappa shape index (κ3) is 1.54. The maximum absolute atomic E-state index is 12.3. The van der Waals surface area contributed by atoms with Crippen molar-refractivity contribution in [1.29, 1.82) is 0 Å². The Hall–Kier alpha value is -0.670. The van der Waals surface area contributed by atoms with E-state index in [1.165, 1.54) is 14.2 Å². The van der Waals surface area contributed by atoms with E-state index in [-0.39, 0.29) is 0 Å². The molecule has 0 saturated carbocycles. The Labute approximate surface area is 88.7 Å². The number of ether oxygens (including phenoxy) is 1. The van der Waals surface area contributed by atoms with Crippen LogP contribution >= 0.6 is 7.60 Å². The smallest absolute Gasteiger partial charge is 0.352 e. The Morgan fingerprint density at radius 1 is 1.27 bits per heavy atom. The van der Waals surface area contributed by atoms with E-state index in [2.05, 4.69) is 0 Å². The first-order chi connectivity index (χ1) is 7.18. The summed E-state index contributed by atoms with van der Waals surface area (Å²) in [6.45, 7) is 0.371. The first-order valence-electron chi connectivity index (χ1n) is 4.59. The monoisotopic (exact) mass is 228 g/mol. The fourth-order valence-corrected chi connectivity index (χ4v) is 3.20. The highest BCUT2D eigenvalue weighted by atomic mass is 31.2. The Morgan fingerprint density at radius 2 is 1.80 bits per heavy atom. The van der Waals surface area contributed by atoms with Gasteiger partial charge in [-0.3, -0.25) is 4.57 Å². The summed E-state index contributed by atoms with van der Waals surface area (Å²) in [5.74, 6) is 0. The van der Waals surface area contributed by atoms with Crippen LogP contribution in [0.4, 0.5) is 0 Å². The largest absolute Gasteiger partial charge is 0.368 e. The second-order valence-electron chi connectivity index (χ2n) is 3.30. The van der Waals surface area contributed by atoms with Gasteiger partial charge in [-0.25, -0.2) is 0 Å². The van der Waals surface area contributed by atoms with Gasteiger partial charge in [-0.2, -0.15) is 0 Å². The number of hydrogen-bond acceptors (Lipinski definition) is 4. The quantitative estimate of drug-likeness (QED) is 0.586. The van der Waals surface area contributed by atoms with Gasteiger partial charge in [0, 0.05) is 14.2 Å². The van der Waals surface area contributed by atoms with Gasteiger partial charge in [0.1, 0.15) is 0 Å². The van der Waals surface area contributed by atoms with Crippen molar-refractivity contribution >= 4 is 7.60 Å². The van der Waals surface area contributed by atoms with Crippen LogP contribution in [-0.4, -0.2) is 20.8 Å².